The van der Waals surface area contributed by atoms with Gasteiger partial charge in [0.15, 0.2) is 0 Å². The highest BCUT2D eigenvalue weighted by Crippen LogP contribution is 2.19. The van der Waals surface area contributed by atoms with E-state index in [9.17, 15) is 8.42 Å². The molecule has 1 N–H and O–H groups in total. The fourth-order valence-electron chi connectivity index (χ4n) is 1.66. The zero-order valence-electron chi connectivity index (χ0n) is 10.7. The minimum atomic E-state index is -3.68. The smallest absolute Gasteiger partial charge is 0.262 e. The molecule has 1 aromatic heterocycles. The van der Waals surface area contributed by atoms with Crippen molar-refractivity contribution >= 4 is 27.3 Å². The monoisotopic (exact) mass is 312 g/mol. The van der Waals surface area contributed by atoms with Gasteiger partial charge in [-0.05, 0) is 29.8 Å². The number of anilines is 1. The summed E-state index contributed by atoms with van der Waals surface area (Å²) >= 11 is 5.70. The maximum absolute atomic E-state index is 12.2. The second kappa shape index (κ2) is 6.21. The lowest BCUT2D eigenvalue weighted by atomic mass is 10.2. The van der Waals surface area contributed by atoms with Crippen LogP contribution in [0, 0.1) is 0 Å². The molecule has 1 aromatic carbocycles. The highest BCUT2D eigenvalue weighted by atomic mass is 35.5. The first-order valence-electron chi connectivity index (χ1n) is 5.73. The van der Waals surface area contributed by atoms with Gasteiger partial charge in [-0.2, -0.15) is 0 Å². The van der Waals surface area contributed by atoms with Crippen LogP contribution in [0.4, 0.5) is 5.69 Å². The molecular weight excluding hydrogens is 300 g/mol. The quantitative estimate of drug-likeness (QED) is 0.862. The van der Waals surface area contributed by atoms with Gasteiger partial charge in [-0.1, -0.05) is 23.7 Å². The minimum Gasteiger partial charge on any atom is -0.380 e. The van der Waals surface area contributed by atoms with Crippen LogP contribution in [0.3, 0.4) is 0 Å². The molecule has 106 valence electrons. The van der Waals surface area contributed by atoms with E-state index >= 15 is 0 Å². The number of ether oxygens (including phenoxy) is 1. The number of nitrogens with one attached hydrogen (secondary N) is 1. The summed E-state index contributed by atoms with van der Waals surface area (Å²) in [5, 5.41) is 0.126. The number of nitrogens with zero attached hydrogens (tertiary/aromatic N) is 1. The van der Waals surface area contributed by atoms with Crippen molar-refractivity contribution in [1.82, 2.24) is 4.98 Å². The highest BCUT2D eigenvalue weighted by molar-refractivity contribution is 7.92. The van der Waals surface area contributed by atoms with Crippen LogP contribution in [0.15, 0.2) is 47.5 Å². The zero-order valence-corrected chi connectivity index (χ0v) is 12.3. The molecule has 0 bridgehead atoms. The third-order valence-electron chi connectivity index (χ3n) is 2.50. The molecule has 0 fully saturated rings. The van der Waals surface area contributed by atoms with E-state index in [0.29, 0.717) is 12.3 Å². The van der Waals surface area contributed by atoms with E-state index in [-0.39, 0.29) is 10.0 Å². The van der Waals surface area contributed by atoms with Crippen molar-refractivity contribution in [3.8, 4) is 0 Å². The molecule has 1 heterocycles. The third kappa shape index (κ3) is 3.69. The Kier molecular flexibility index (Phi) is 4.59. The lowest BCUT2D eigenvalue weighted by Gasteiger charge is -2.09. The fraction of sp³-hybridized carbons (Fsp3) is 0.154. The Morgan fingerprint density at radius 1 is 1.30 bits per heavy atom. The van der Waals surface area contributed by atoms with Crippen molar-refractivity contribution in [2.45, 2.75) is 11.5 Å². The summed E-state index contributed by atoms with van der Waals surface area (Å²) in [5.74, 6) is 0. The van der Waals surface area contributed by atoms with Gasteiger partial charge in [-0.15, -0.1) is 0 Å². The Hall–Kier alpha value is -1.63. The van der Waals surface area contributed by atoms with Crippen molar-refractivity contribution in [3.05, 3.63) is 53.3 Å². The summed E-state index contributed by atoms with van der Waals surface area (Å²) in [7, 11) is -2.10. The molecule has 0 aliphatic heterocycles. The van der Waals surface area contributed by atoms with Crippen LogP contribution in [-0.2, 0) is 21.4 Å². The number of hydrogen-bond acceptors (Lipinski definition) is 4. The molecule has 0 amide bonds. The Bertz CT molecular complexity index is 704. The van der Waals surface area contributed by atoms with Crippen molar-refractivity contribution in [1.29, 1.82) is 0 Å². The van der Waals surface area contributed by atoms with Gasteiger partial charge in [0.1, 0.15) is 5.15 Å². The maximum atomic E-state index is 12.2. The van der Waals surface area contributed by atoms with Gasteiger partial charge in [0.05, 0.1) is 11.5 Å². The number of benzene rings is 1. The number of aromatic nitrogens is 1. The molecular formula is C13H13ClN2O3S. The van der Waals surface area contributed by atoms with Gasteiger partial charge < -0.3 is 4.74 Å². The highest BCUT2D eigenvalue weighted by Gasteiger charge is 2.14. The lowest BCUT2D eigenvalue weighted by molar-refractivity contribution is 0.185. The molecule has 5 nitrogen and oxygen atoms in total. The molecule has 0 unspecified atom stereocenters. The van der Waals surface area contributed by atoms with E-state index in [4.69, 9.17) is 16.3 Å². The van der Waals surface area contributed by atoms with E-state index in [2.05, 4.69) is 9.71 Å². The van der Waals surface area contributed by atoms with Gasteiger partial charge in [-0.3, -0.25) is 4.72 Å². The zero-order chi connectivity index (χ0) is 14.6. The number of hydrogen-bond donors (Lipinski definition) is 1. The standard InChI is InChI=1S/C13H13ClN2O3S/c1-19-9-10-3-2-4-11(7-10)16-20(17,18)12-5-6-15-13(14)8-12/h2-8,16H,9H2,1H3. The Morgan fingerprint density at radius 2 is 2.10 bits per heavy atom. The summed E-state index contributed by atoms with van der Waals surface area (Å²) in [5.41, 5.74) is 1.34. The SMILES string of the molecule is COCc1cccc(NS(=O)(=O)c2ccnc(Cl)c2)c1. The molecule has 0 atom stereocenters. The summed E-state index contributed by atoms with van der Waals surface area (Å²) in [6.07, 6.45) is 1.35. The van der Waals surface area contributed by atoms with Gasteiger partial charge in [-0.25, -0.2) is 13.4 Å². The molecule has 0 aliphatic rings. The normalized spacial score (nSPS) is 11.3. The van der Waals surface area contributed by atoms with Crippen molar-refractivity contribution in [3.63, 3.8) is 0 Å². The predicted molar refractivity (Wildman–Crippen MR) is 77.2 cm³/mol. The van der Waals surface area contributed by atoms with Crippen LogP contribution >= 0.6 is 11.6 Å². The second-order valence-electron chi connectivity index (χ2n) is 4.05. The molecule has 0 spiro atoms. The number of halogens is 1. The van der Waals surface area contributed by atoms with Crippen LogP contribution in [0.5, 0.6) is 0 Å². The van der Waals surface area contributed by atoms with Crippen LogP contribution in [0.25, 0.3) is 0 Å². The van der Waals surface area contributed by atoms with Gasteiger partial charge in [0, 0.05) is 19.0 Å². The first-order valence-corrected chi connectivity index (χ1v) is 7.59. The molecule has 2 rings (SSSR count). The molecule has 0 aliphatic carbocycles. The average molecular weight is 313 g/mol. The lowest BCUT2D eigenvalue weighted by Crippen LogP contribution is -2.13. The first kappa shape index (κ1) is 14.8. The molecule has 0 radical (unpaired) electrons. The second-order valence-corrected chi connectivity index (χ2v) is 6.12. The molecule has 0 saturated heterocycles. The van der Waals surface area contributed by atoms with Gasteiger partial charge in [0.25, 0.3) is 10.0 Å². The van der Waals surface area contributed by atoms with Crippen molar-refractivity contribution in [2.24, 2.45) is 0 Å². The van der Waals surface area contributed by atoms with Gasteiger partial charge >= 0.3 is 0 Å². The van der Waals surface area contributed by atoms with E-state index in [1.165, 1.54) is 18.3 Å². The summed E-state index contributed by atoms with van der Waals surface area (Å²) < 4.78 is 31.9. The Labute approximate surface area is 122 Å². The van der Waals surface area contributed by atoms with E-state index in [1.54, 1.807) is 25.3 Å². The molecule has 2 aromatic rings. The average Bonchev–Trinajstić information content (AvgIpc) is 2.39. The maximum Gasteiger partial charge on any atom is 0.262 e. The fourth-order valence-corrected chi connectivity index (χ4v) is 2.96. The Morgan fingerprint density at radius 3 is 2.80 bits per heavy atom. The predicted octanol–water partition coefficient (Wildman–Crippen LogP) is 2.68. The minimum absolute atomic E-state index is 0.0645. The third-order valence-corrected chi connectivity index (χ3v) is 4.08. The molecule has 7 heteroatoms. The molecule has 20 heavy (non-hydrogen) atoms. The summed E-state index contributed by atoms with van der Waals surface area (Å²) in [6.45, 7) is 0.413. The van der Waals surface area contributed by atoms with E-state index in [0.717, 1.165) is 5.56 Å². The largest absolute Gasteiger partial charge is 0.380 e. The topological polar surface area (TPSA) is 68.3 Å². The summed E-state index contributed by atoms with van der Waals surface area (Å²) in [6, 6.07) is 9.66. The van der Waals surface area contributed by atoms with Crippen LogP contribution in [0.2, 0.25) is 5.15 Å². The van der Waals surface area contributed by atoms with Gasteiger partial charge in [0.2, 0.25) is 0 Å². The molecule has 0 saturated carbocycles. The summed E-state index contributed by atoms with van der Waals surface area (Å²) in [4.78, 5) is 3.82. The van der Waals surface area contributed by atoms with Crippen molar-refractivity contribution in [2.75, 3.05) is 11.8 Å². The van der Waals surface area contributed by atoms with Crippen LogP contribution in [0.1, 0.15) is 5.56 Å². The number of sulfonamides is 1. The van der Waals surface area contributed by atoms with Crippen LogP contribution < -0.4 is 4.72 Å². The number of pyridine rings is 1. The first-order chi connectivity index (χ1) is 9.51. The van der Waals surface area contributed by atoms with Crippen LogP contribution in [-0.4, -0.2) is 20.5 Å². The van der Waals surface area contributed by atoms with E-state index in [1.807, 2.05) is 6.07 Å². The number of methoxy groups -OCH3 is 1. The number of rotatable bonds is 5. The van der Waals surface area contributed by atoms with E-state index < -0.39 is 10.0 Å². The van der Waals surface area contributed by atoms with Crippen molar-refractivity contribution < 1.29 is 13.2 Å². The Balaban J connectivity index is 2.26.